The highest BCUT2D eigenvalue weighted by Crippen LogP contribution is 2.23. The lowest BCUT2D eigenvalue weighted by Crippen LogP contribution is -2.42. The number of rotatable bonds is 2. The molecule has 1 heterocycles. The number of aliphatic hydroxyl groups is 1. The molecule has 2 atom stereocenters. The molecule has 0 bridgehead atoms. The predicted octanol–water partition coefficient (Wildman–Crippen LogP) is 1.67. The van der Waals surface area contributed by atoms with E-state index in [1.807, 2.05) is 12.1 Å². The molecule has 0 amide bonds. The molecule has 1 aromatic carbocycles. The van der Waals surface area contributed by atoms with E-state index >= 15 is 0 Å². The molecule has 3 N–H and O–H groups in total. The van der Waals surface area contributed by atoms with Gasteiger partial charge in [-0.15, -0.1) is 0 Å². The Bertz CT molecular complexity index is 352. The fraction of sp³-hybridized carbons (Fsp3) is 0.538. The number of benzene rings is 1. The smallest absolute Gasteiger partial charge is 0.0762 e. The lowest BCUT2D eigenvalue weighted by molar-refractivity contribution is 0.199. The first-order chi connectivity index (χ1) is 7.66. The van der Waals surface area contributed by atoms with Crippen molar-refractivity contribution in [3.8, 4) is 0 Å². The van der Waals surface area contributed by atoms with Crippen LogP contribution in [0.4, 0.5) is 5.69 Å². The van der Waals surface area contributed by atoms with Gasteiger partial charge in [0.25, 0.3) is 0 Å². The fourth-order valence-corrected chi connectivity index (χ4v) is 2.23. The van der Waals surface area contributed by atoms with Crippen LogP contribution >= 0.6 is 0 Å². The lowest BCUT2D eigenvalue weighted by Gasteiger charge is -2.33. The molecule has 3 nitrogen and oxygen atoms in total. The molecular formula is C13H20N2O. The molecule has 1 aromatic rings. The second kappa shape index (κ2) is 4.85. The fourth-order valence-electron chi connectivity index (χ4n) is 2.23. The van der Waals surface area contributed by atoms with Crippen LogP contribution in [0.3, 0.4) is 0 Å². The Labute approximate surface area is 96.9 Å². The van der Waals surface area contributed by atoms with Gasteiger partial charge in [-0.05, 0) is 37.5 Å². The van der Waals surface area contributed by atoms with Gasteiger partial charge in [0.05, 0.1) is 6.10 Å². The van der Waals surface area contributed by atoms with Crippen molar-refractivity contribution < 1.29 is 5.11 Å². The molecule has 88 valence electrons. The zero-order chi connectivity index (χ0) is 11.5. The van der Waals surface area contributed by atoms with Crippen LogP contribution in [-0.4, -0.2) is 24.2 Å². The Hall–Kier alpha value is -1.06. The van der Waals surface area contributed by atoms with E-state index in [0.717, 1.165) is 31.5 Å². The molecule has 0 aliphatic carbocycles. The van der Waals surface area contributed by atoms with Crippen molar-refractivity contribution in [1.29, 1.82) is 0 Å². The standard InChI is InChI=1S/C13H20N2O/c1-10(16)11-4-2-6-13(8-11)15-7-3-5-12(14)9-15/h2,4,6,8,10,12,16H,3,5,7,9,14H2,1H3/t10?,12-/m0/s1. The van der Waals surface area contributed by atoms with E-state index < -0.39 is 6.10 Å². The van der Waals surface area contributed by atoms with Crippen LogP contribution in [0, 0.1) is 0 Å². The van der Waals surface area contributed by atoms with Crippen LogP contribution in [-0.2, 0) is 0 Å². The zero-order valence-corrected chi connectivity index (χ0v) is 9.76. The Morgan fingerprint density at radius 2 is 2.31 bits per heavy atom. The summed E-state index contributed by atoms with van der Waals surface area (Å²) in [5.41, 5.74) is 8.11. The normalized spacial score (nSPS) is 23.2. The summed E-state index contributed by atoms with van der Waals surface area (Å²) >= 11 is 0. The van der Waals surface area contributed by atoms with Crippen LogP contribution in [0.25, 0.3) is 0 Å². The molecule has 1 fully saturated rings. The maximum Gasteiger partial charge on any atom is 0.0762 e. The summed E-state index contributed by atoms with van der Waals surface area (Å²) in [6.07, 6.45) is 1.87. The van der Waals surface area contributed by atoms with Crippen molar-refractivity contribution >= 4 is 5.69 Å². The third-order valence-corrected chi connectivity index (χ3v) is 3.18. The van der Waals surface area contributed by atoms with Gasteiger partial charge >= 0.3 is 0 Å². The molecular weight excluding hydrogens is 200 g/mol. The van der Waals surface area contributed by atoms with Crippen molar-refractivity contribution in [2.45, 2.75) is 31.9 Å². The molecule has 3 heteroatoms. The quantitative estimate of drug-likeness (QED) is 0.797. The second-order valence-corrected chi connectivity index (χ2v) is 4.62. The molecule has 0 saturated carbocycles. The number of hydrogen-bond donors (Lipinski definition) is 2. The zero-order valence-electron chi connectivity index (χ0n) is 9.76. The van der Waals surface area contributed by atoms with Crippen LogP contribution < -0.4 is 10.6 Å². The predicted molar refractivity (Wildman–Crippen MR) is 66.5 cm³/mol. The van der Waals surface area contributed by atoms with Gasteiger partial charge in [0, 0.05) is 24.8 Å². The summed E-state index contributed by atoms with van der Waals surface area (Å²) in [6, 6.07) is 8.38. The highest BCUT2D eigenvalue weighted by molar-refractivity contribution is 5.49. The topological polar surface area (TPSA) is 49.5 Å². The highest BCUT2D eigenvalue weighted by atomic mass is 16.3. The van der Waals surface area contributed by atoms with Gasteiger partial charge in [-0.25, -0.2) is 0 Å². The molecule has 1 aliphatic rings. The number of nitrogens with two attached hydrogens (primary N) is 1. The molecule has 0 aromatic heterocycles. The number of hydrogen-bond acceptors (Lipinski definition) is 3. The maximum atomic E-state index is 9.56. The van der Waals surface area contributed by atoms with E-state index in [-0.39, 0.29) is 6.04 Å². The van der Waals surface area contributed by atoms with E-state index in [1.54, 1.807) is 6.92 Å². The van der Waals surface area contributed by atoms with Crippen molar-refractivity contribution in [2.24, 2.45) is 5.73 Å². The van der Waals surface area contributed by atoms with E-state index in [1.165, 1.54) is 5.69 Å². The van der Waals surface area contributed by atoms with Crippen LogP contribution in [0.5, 0.6) is 0 Å². The minimum atomic E-state index is -0.404. The maximum absolute atomic E-state index is 9.56. The molecule has 16 heavy (non-hydrogen) atoms. The Kier molecular flexibility index (Phi) is 3.46. The first-order valence-corrected chi connectivity index (χ1v) is 5.95. The second-order valence-electron chi connectivity index (χ2n) is 4.62. The Morgan fingerprint density at radius 3 is 3.00 bits per heavy atom. The summed E-state index contributed by atoms with van der Waals surface area (Å²) in [4.78, 5) is 2.31. The van der Waals surface area contributed by atoms with Crippen LogP contribution in [0.1, 0.15) is 31.4 Å². The first-order valence-electron chi connectivity index (χ1n) is 5.95. The van der Waals surface area contributed by atoms with Gasteiger partial charge in [0.2, 0.25) is 0 Å². The Balaban J connectivity index is 2.16. The van der Waals surface area contributed by atoms with Gasteiger partial charge < -0.3 is 15.7 Å². The van der Waals surface area contributed by atoms with Gasteiger partial charge in [0.1, 0.15) is 0 Å². The van der Waals surface area contributed by atoms with Gasteiger partial charge in [0.15, 0.2) is 0 Å². The van der Waals surface area contributed by atoms with Gasteiger partial charge in [-0.2, -0.15) is 0 Å². The summed E-state index contributed by atoms with van der Waals surface area (Å²) in [6.45, 7) is 3.78. The monoisotopic (exact) mass is 220 g/mol. The number of piperidine rings is 1. The largest absolute Gasteiger partial charge is 0.389 e. The first kappa shape index (κ1) is 11.4. The molecule has 1 unspecified atom stereocenters. The minimum Gasteiger partial charge on any atom is -0.389 e. The Morgan fingerprint density at radius 1 is 1.50 bits per heavy atom. The van der Waals surface area contributed by atoms with E-state index in [0.29, 0.717) is 0 Å². The third-order valence-electron chi connectivity index (χ3n) is 3.18. The average molecular weight is 220 g/mol. The van der Waals surface area contributed by atoms with Crippen molar-refractivity contribution in [1.82, 2.24) is 0 Å². The van der Waals surface area contributed by atoms with Crippen molar-refractivity contribution in [2.75, 3.05) is 18.0 Å². The number of nitrogens with zero attached hydrogens (tertiary/aromatic N) is 1. The average Bonchev–Trinajstić information content (AvgIpc) is 2.29. The van der Waals surface area contributed by atoms with Crippen molar-refractivity contribution in [3.05, 3.63) is 29.8 Å². The number of anilines is 1. The molecule has 0 radical (unpaired) electrons. The minimum absolute atomic E-state index is 0.281. The number of aliphatic hydroxyl groups excluding tert-OH is 1. The molecule has 0 spiro atoms. The SMILES string of the molecule is CC(O)c1cccc(N2CCC[C@H](N)C2)c1. The van der Waals surface area contributed by atoms with E-state index in [2.05, 4.69) is 17.0 Å². The summed E-state index contributed by atoms with van der Waals surface area (Å²) in [5, 5.41) is 9.56. The van der Waals surface area contributed by atoms with Gasteiger partial charge in [-0.1, -0.05) is 12.1 Å². The van der Waals surface area contributed by atoms with Gasteiger partial charge in [-0.3, -0.25) is 0 Å². The summed E-state index contributed by atoms with van der Waals surface area (Å²) in [7, 11) is 0. The lowest BCUT2D eigenvalue weighted by atomic mass is 10.0. The molecule has 1 saturated heterocycles. The van der Waals surface area contributed by atoms with Crippen LogP contribution in [0.15, 0.2) is 24.3 Å². The summed E-state index contributed by atoms with van der Waals surface area (Å²) < 4.78 is 0. The van der Waals surface area contributed by atoms with E-state index in [9.17, 15) is 5.11 Å². The summed E-state index contributed by atoms with van der Waals surface area (Å²) in [5.74, 6) is 0. The van der Waals surface area contributed by atoms with Crippen molar-refractivity contribution in [3.63, 3.8) is 0 Å². The molecule has 2 rings (SSSR count). The highest BCUT2D eigenvalue weighted by Gasteiger charge is 2.17. The third kappa shape index (κ3) is 2.54. The van der Waals surface area contributed by atoms with Crippen LogP contribution in [0.2, 0.25) is 0 Å². The molecule has 1 aliphatic heterocycles. The van der Waals surface area contributed by atoms with E-state index in [4.69, 9.17) is 5.73 Å².